The summed E-state index contributed by atoms with van der Waals surface area (Å²) in [7, 11) is 0. The van der Waals surface area contributed by atoms with Gasteiger partial charge in [0.05, 0.1) is 17.3 Å². The van der Waals surface area contributed by atoms with Crippen molar-refractivity contribution in [2.45, 2.75) is 52.6 Å². The molecule has 0 bridgehead atoms. The molecule has 0 radical (unpaired) electrons. The lowest BCUT2D eigenvalue weighted by Gasteiger charge is -2.42. The maximum absolute atomic E-state index is 15.0. The number of amides is 1. The molecule has 5 heterocycles. The summed E-state index contributed by atoms with van der Waals surface area (Å²) in [5, 5.41) is 2.98. The first-order chi connectivity index (χ1) is 21.2. The van der Waals surface area contributed by atoms with E-state index in [0.717, 1.165) is 64.9 Å². The average molecular weight is 604 g/mol. The fourth-order valence-corrected chi connectivity index (χ4v) is 6.46. The van der Waals surface area contributed by atoms with Crippen molar-refractivity contribution in [3.63, 3.8) is 0 Å². The molecular weight excluding hydrogens is 564 g/mol. The number of pyridine rings is 1. The maximum atomic E-state index is 15.0. The van der Waals surface area contributed by atoms with Crippen LogP contribution in [0.5, 0.6) is 0 Å². The first-order valence-electron chi connectivity index (χ1n) is 15.4. The quantitative estimate of drug-likeness (QED) is 0.314. The van der Waals surface area contributed by atoms with E-state index in [0.29, 0.717) is 28.8 Å². The summed E-state index contributed by atoms with van der Waals surface area (Å²) < 4.78 is 31.8. The number of benzene rings is 1. The molecule has 0 aliphatic carbocycles. The Morgan fingerprint density at radius 2 is 1.73 bits per heavy atom. The van der Waals surface area contributed by atoms with E-state index in [-0.39, 0.29) is 34.7 Å². The van der Waals surface area contributed by atoms with Crippen molar-refractivity contribution in [1.82, 2.24) is 39.2 Å². The predicted molar refractivity (Wildman–Crippen MR) is 166 cm³/mol. The Balaban J connectivity index is 1.12. The highest BCUT2D eigenvalue weighted by atomic mass is 19.1. The van der Waals surface area contributed by atoms with Crippen LogP contribution in [0.3, 0.4) is 0 Å². The zero-order valence-electron chi connectivity index (χ0n) is 25.7. The Kier molecular flexibility index (Phi) is 8.55. The second-order valence-corrected chi connectivity index (χ2v) is 11.9. The van der Waals surface area contributed by atoms with Gasteiger partial charge in [-0.3, -0.25) is 9.69 Å². The summed E-state index contributed by atoms with van der Waals surface area (Å²) in [6, 6.07) is 6.90. The van der Waals surface area contributed by atoms with E-state index in [1.54, 1.807) is 18.2 Å². The van der Waals surface area contributed by atoms with Gasteiger partial charge in [0.25, 0.3) is 5.91 Å². The number of aryl methyl sites for hydroxylation is 1. The molecule has 2 aliphatic rings. The standard InChI is InChI=1S/C32H39F2N9O/c1-5-40-12-14-41(15-13-40)24-8-10-42(11-9-24)31(44)22-6-7-28(35-18-22)38-32-36-19-26(34)29(39-32)23-16-25(33)30-27(17-23)43(20(2)3)21(4)37-30/h6-7,16-20,24H,5,8-15H2,1-4H3,(H,35,36,38,39). The molecule has 6 rings (SSSR count). The van der Waals surface area contributed by atoms with Crippen LogP contribution >= 0.6 is 0 Å². The van der Waals surface area contributed by atoms with Crippen molar-refractivity contribution in [3.8, 4) is 11.3 Å². The smallest absolute Gasteiger partial charge is 0.255 e. The molecule has 10 nitrogen and oxygen atoms in total. The molecule has 2 fully saturated rings. The Hall–Kier alpha value is -4.03. The zero-order valence-corrected chi connectivity index (χ0v) is 25.7. The highest BCUT2D eigenvalue weighted by molar-refractivity contribution is 5.94. The van der Waals surface area contributed by atoms with E-state index in [2.05, 4.69) is 42.0 Å². The number of likely N-dealkylation sites (N-methyl/N-ethyl adjacent to an activating group) is 1. The number of hydrogen-bond acceptors (Lipinski definition) is 8. The van der Waals surface area contributed by atoms with E-state index in [4.69, 9.17) is 0 Å². The van der Waals surface area contributed by atoms with Gasteiger partial charge in [-0.15, -0.1) is 0 Å². The maximum Gasteiger partial charge on any atom is 0.255 e. The van der Waals surface area contributed by atoms with E-state index in [1.807, 2.05) is 30.2 Å². The Morgan fingerprint density at radius 3 is 2.39 bits per heavy atom. The summed E-state index contributed by atoms with van der Waals surface area (Å²) in [4.78, 5) is 37.3. The number of halogens is 2. The lowest BCUT2D eigenvalue weighted by atomic mass is 10.0. The molecule has 1 aromatic carbocycles. The van der Waals surface area contributed by atoms with Crippen molar-refractivity contribution < 1.29 is 13.6 Å². The molecule has 2 saturated heterocycles. The van der Waals surface area contributed by atoms with E-state index < -0.39 is 11.6 Å². The van der Waals surface area contributed by atoms with Gasteiger partial charge in [-0.25, -0.2) is 28.7 Å². The van der Waals surface area contributed by atoms with Crippen LogP contribution < -0.4 is 5.32 Å². The largest absolute Gasteiger partial charge is 0.338 e. The summed E-state index contributed by atoms with van der Waals surface area (Å²) in [5.41, 5.74) is 1.55. The Labute approximate surface area is 256 Å². The minimum Gasteiger partial charge on any atom is -0.338 e. The summed E-state index contributed by atoms with van der Waals surface area (Å²) in [5.74, 6) is -0.0823. The molecule has 0 saturated carbocycles. The molecule has 232 valence electrons. The number of hydrogen-bond donors (Lipinski definition) is 1. The Morgan fingerprint density at radius 1 is 0.977 bits per heavy atom. The Bertz CT molecular complexity index is 1640. The molecule has 3 aromatic heterocycles. The number of anilines is 2. The lowest BCUT2D eigenvalue weighted by molar-refractivity contribution is 0.0490. The van der Waals surface area contributed by atoms with Crippen molar-refractivity contribution in [2.24, 2.45) is 0 Å². The van der Waals surface area contributed by atoms with E-state index in [1.165, 1.54) is 12.3 Å². The van der Waals surface area contributed by atoms with Gasteiger partial charge in [-0.2, -0.15) is 0 Å². The van der Waals surface area contributed by atoms with Gasteiger partial charge in [-0.05, 0) is 64.4 Å². The highest BCUT2D eigenvalue weighted by Gasteiger charge is 2.29. The lowest BCUT2D eigenvalue weighted by Crippen LogP contribution is -2.53. The SMILES string of the molecule is CCN1CCN(C2CCN(C(=O)c3ccc(Nc4ncc(F)c(-c5cc(F)c6nc(C)n(C(C)C)c6c5)n4)nc3)CC2)CC1. The molecule has 0 atom stereocenters. The van der Waals surface area contributed by atoms with E-state index in [9.17, 15) is 9.18 Å². The van der Waals surface area contributed by atoms with Gasteiger partial charge in [0.15, 0.2) is 11.6 Å². The molecule has 4 aromatic rings. The number of fused-ring (bicyclic) bond motifs is 1. The minimum absolute atomic E-state index is 0.0353. The molecule has 2 aliphatic heterocycles. The third-order valence-corrected chi connectivity index (χ3v) is 8.83. The molecule has 1 amide bonds. The summed E-state index contributed by atoms with van der Waals surface area (Å²) in [6.07, 6.45) is 4.53. The molecule has 0 unspecified atom stereocenters. The van der Waals surface area contributed by atoms with Crippen LogP contribution in [0.4, 0.5) is 20.5 Å². The second kappa shape index (κ2) is 12.5. The van der Waals surface area contributed by atoms with Gasteiger partial charge in [-0.1, -0.05) is 6.92 Å². The van der Waals surface area contributed by atoms with Crippen LogP contribution in [0, 0.1) is 18.6 Å². The molecule has 44 heavy (non-hydrogen) atoms. The third kappa shape index (κ3) is 6.00. The number of piperazine rings is 1. The number of carbonyl (C=O) groups is 1. The number of nitrogens with zero attached hydrogens (tertiary/aromatic N) is 8. The average Bonchev–Trinajstić information content (AvgIpc) is 3.38. The van der Waals surface area contributed by atoms with Gasteiger partial charge in [0, 0.05) is 63.1 Å². The predicted octanol–water partition coefficient (Wildman–Crippen LogP) is 5.04. The highest BCUT2D eigenvalue weighted by Crippen LogP contribution is 2.30. The first-order valence-corrected chi connectivity index (χ1v) is 15.4. The fraction of sp³-hybridized carbons (Fsp3) is 0.469. The summed E-state index contributed by atoms with van der Waals surface area (Å²) in [6.45, 7) is 15.0. The number of rotatable bonds is 7. The second-order valence-electron chi connectivity index (χ2n) is 11.9. The molecule has 1 N–H and O–H groups in total. The van der Waals surface area contributed by atoms with Crippen LogP contribution in [0.1, 0.15) is 55.8 Å². The van der Waals surface area contributed by atoms with Gasteiger partial charge >= 0.3 is 0 Å². The molecule has 0 spiro atoms. The van der Waals surface area contributed by atoms with Crippen molar-refractivity contribution in [2.75, 3.05) is 51.1 Å². The zero-order chi connectivity index (χ0) is 31.0. The summed E-state index contributed by atoms with van der Waals surface area (Å²) >= 11 is 0. The van der Waals surface area contributed by atoms with Crippen LogP contribution in [0.2, 0.25) is 0 Å². The van der Waals surface area contributed by atoms with Gasteiger partial charge in [0.2, 0.25) is 5.95 Å². The van der Waals surface area contributed by atoms with E-state index >= 15 is 4.39 Å². The van der Waals surface area contributed by atoms with Gasteiger partial charge in [0.1, 0.15) is 22.9 Å². The third-order valence-electron chi connectivity index (χ3n) is 8.83. The van der Waals surface area contributed by atoms with Crippen LogP contribution in [-0.2, 0) is 0 Å². The normalized spacial score (nSPS) is 17.1. The fourth-order valence-electron chi connectivity index (χ4n) is 6.46. The van der Waals surface area contributed by atoms with Gasteiger partial charge < -0.3 is 19.7 Å². The van der Waals surface area contributed by atoms with Crippen molar-refractivity contribution in [1.29, 1.82) is 0 Å². The number of piperidine rings is 1. The number of aromatic nitrogens is 5. The molecule has 12 heteroatoms. The number of likely N-dealkylation sites (tertiary alicyclic amines) is 1. The minimum atomic E-state index is -0.678. The van der Waals surface area contributed by atoms with Crippen LogP contribution in [0.25, 0.3) is 22.3 Å². The van der Waals surface area contributed by atoms with Crippen LogP contribution in [-0.4, -0.2) is 97.0 Å². The number of imidazole rings is 1. The molecular formula is C32H39F2N9O. The number of nitrogens with one attached hydrogen (secondary N) is 1. The van der Waals surface area contributed by atoms with Crippen molar-refractivity contribution >= 4 is 28.7 Å². The monoisotopic (exact) mass is 603 g/mol. The van der Waals surface area contributed by atoms with Crippen LogP contribution in [0.15, 0.2) is 36.7 Å². The number of carbonyl (C=O) groups excluding carboxylic acids is 1. The first kappa shape index (κ1) is 30.0. The van der Waals surface area contributed by atoms with Crippen molar-refractivity contribution in [3.05, 3.63) is 59.7 Å². The topological polar surface area (TPSA) is 95.3 Å².